The average molecular weight is 364 g/mol. The minimum absolute atomic E-state index is 0.0835. The predicted octanol–water partition coefficient (Wildman–Crippen LogP) is 4.01. The second kappa shape index (κ2) is 9.93. The molecule has 0 aliphatic carbocycles. The van der Waals surface area contributed by atoms with Gasteiger partial charge in [-0.25, -0.2) is 0 Å². The zero-order valence-electron chi connectivity index (χ0n) is 16.0. The molecule has 2 aromatic rings. The minimum Gasteiger partial charge on any atom is -0.494 e. The molecule has 0 saturated carbocycles. The lowest BCUT2D eigenvalue weighted by Crippen LogP contribution is -2.23. The number of hydrogen-bond acceptors (Lipinski definition) is 3. The van der Waals surface area contributed by atoms with Crippen LogP contribution in [0, 0.1) is 0 Å². The zero-order chi connectivity index (χ0) is 18.9. The second-order valence-corrected chi connectivity index (χ2v) is 6.81. The Labute approximate surface area is 161 Å². The molecule has 0 aromatic heterocycles. The third-order valence-electron chi connectivity index (χ3n) is 4.78. The van der Waals surface area contributed by atoms with E-state index in [4.69, 9.17) is 4.74 Å². The molecular weight excluding hydrogens is 336 g/mol. The molecule has 0 spiro atoms. The molecule has 0 radical (unpaired) electrons. The van der Waals surface area contributed by atoms with E-state index in [1.165, 1.54) is 37.1 Å². The monoisotopic (exact) mass is 364 g/mol. The van der Waals surface area contributed by atoms with E-state index >= 15 is 0 Å². The fourth-order valence-electron chi connectivity index (χ4n) is 3.32. The SMILES string of the molecule is CCOc1ccc(/C=C/C(=O)NCc2ccccc2CN2CCCC2)cc1. The Morgan fingerprint density at radius 2 is 1.78 bits per heavy atom. The summed E-state index contributed by atoms with van der Waals surface area (Å²) in [6.45, 7) is 6.47. The smallest absolute Gasteiger partial charge is 0.244 e. The number of likely N-dealkylation sites (tertiary alicyclic amines) is 1. The molecular formula is C23H28N2O2. The summed E-state index contributed by atoms with van der Waals surface area (Å²) in [5.41, 5.74) is 3.46. The highest BCUT2D eigenvalue weighted by Gasteiger charge is 2.13. The average Bonchev–Trinajstić information content (AvgIpc) is 3.20. The van der Waals surface area contributed by atoms with Crippen LogP contribution in [0.5, 0.6) is 5.75 Å². The zero-order valence-corrected chi connectivity index (χ0v) is 16.0. The lowest BCUT2D eigenvalue weighted by Gasteiger charge is -2.17. The first-order chi connectivity index (χ1) is 13.2. The van der Waals surface area contributed by atoms with Crippen molar-refractivity contribution >= 4 is 12.0 Å². The van der Waals surface area contributed by atoms with Gasteiger partial charge < -0.3 is 10.1 Å². The molecule has 1 N–H and O–H groups in total. The number of hydrogen-bond donors (Lipinski definition) is 1. The molecule has 1 fully saturated rings. The largest absolute Gasteiger partial charge is 0.494 e. The molecule has 1 saturated heterocycles. The molecule has 142 valence electrons. The van der Waals surface area contributed by atoms with Crippen LogP contribution in [0.15, 0.2) is 54.6 Å². The van der Waals surface area contributed by atoms with Crippen LogP contribution >= 0.6 is 0 Å². The van der Waals surface area contributed by atoms with Crippen LogP contribution in [-0.2, 0) is 17.9 Å². The van der Waals surface area contributed by atoms with Gasteiger partial charge >= 0.3 is 0 Å². The highest BCUT2D eigenvalue weighted by atomic mass is 16.5. The standard InChI is InChI=1S/C23H28N2O2/c1-2-27-22-12-9-19(10-13-22)11-14-23(26)24-17-20-7-3-4-8-21(20)18-25-15-5-6-16-25/h3-4,7-14H,2,5-6,15-18H2,1H3,(H,24,26)/b14-11+. The van der Waals surface area contributed by atoms with Gasteiger partial charge in [0.25, 0.3) is 0 Å². The number of carbonyl (C=O) groups is 1. The first-order valence-electron chi connectivity index (χ1n) is 9.72. The van der Waals surface area contributed by atoms with Crippen molar-refractivity contribution in [3.8, 4) is 5.75 Å². The summed E-state index contributed by atoms with van der Waals surface area (Å²) in [5, 5.41) is 3.00. The van der Waals surface area contributed by atoms with Crippen molar-refractivity contribution in [2.24, 2.45) is 0 Å². The van der Waals surface area contributed by atoms with Gasteiger partial charge in [0.2, 0.25) is 5.91 Å². The molecule has 1 aliphatic rings. The maximum atomic E-state index is 12.2. The molecule has 0 atom stereocenters. The van der Waals surface area contributed by atoms with E-state index < -0.39 is 0 Å². The Balaban J connectivity index is 1.52. The van der Waals surface area contributed by atoms with Crippen LogP contribution in [0.4, 0.5) is 0 Å². The van der Waals surface area contributed by atoms with Crippen LogP contribution in [0.2, 0.25) is 0 Å². The van der Waals surface area contributed by atoms with E-state index in [2.05, 4.69) is 28.4 Å². The van der Waals surface area contributed by atoms with Gasteiger partial charge in [0.15, 0.2) is 0 Å². The third kappa shape index (κ3) is 5.97. The second-order valence-electron chi connectivity index (χ2n) is 6.81. The van der Waals surface area contributed by atoms with Crippen LogP contribution in [0.3, 0.4) is 0 Å². The van der Waals surface area contributed by atoms with Crippen molar-refractivity contribution in [3.63, 3.8) is 0 Å². The quantitative estimate of drug-likeness (QED) is 0.720. The highest BCUT2D eigenvalue weighted by molar-refractivity contribution is 5.91. The van der Waals surface area contributed by atoms with E-state index in [9.17, 15) is 4.79 Å². The number of rotatable bonds is 8. The van der Waals surface area contributed by atoms with Crippen LogP contribution in [0.1, 0.15) is 36.5 Å². The van der Waals surface area contributed by atoms with E-state index in [-0.39, 0.29) is 5.91 Å². The van der Waals surface area contributed by atoms with Crippen molar-refractivity contribution in [1.29, 1.82) is 0 Å². The Bertz CT molecular complexity index is 762. The predicted molar refractivity (Wildman–Crippen MR) is 109 cm³/mol. The number of nitrogens with zero attached hydrogens (tertiary/aromatic N) is 1. The Hall–Kier alpha value is -2.59. The van der Waals surface area contributed by atoms with Crippen molar-refractivity contribution in [1.82, 2.24) is 10.2 Å². The molecule has 1 heterocycles. The first-order valence-corrected chi connectivity index (χ1v) is 9.72. The Kier molecular flexibility index (Phi) is 7.05. The molecule has 0 bridgehead atoms. The lowest BCUT2D eigenvalue weighted by molar-refractivity contribution is -0.116. The summed E-state index contributed by atoms with van der Waals surface area (Å²) in [6, 6.07) is 16.1. The van der Waals surface area contributed by atoms with Crippen LogP contribution in [0.25, 0.3) is 6.08 Å². The molecule has 3 rings (SSSR count). The van der Waals surface area contributed by atoms with Crippen LogP contribution < -0.4 is 10.1 Å². The van der Waals surface area contributed by atoms with Crippen molar-refractivity contribution < 1.29 is 9.53 Å². The number of ether oxygens (including phenoxy) is 1. The molecule has 2 aromatic carbocycles. The van der Waals surface area contributed by atoms with Gasteiger partial charge in [-0.2, -0.15) is 0 Å². The van der Waals surface area contributed by atoms with E-state index in [1.807, 2.05) is 43.3 Å². The lowest BCUT2D eigenvalue weighted by atomic mass is 10.1. The molecule has 1 aliphatic heterocycles. The number of amides is 1. The maximum Gasteiger partial charge on any atom is 0.244 e. The van der Waals surface area contributed by atoms with E-state index in [0.717, 1.165) is 17.9 Å². The summed E-state index contributed by atoms with van der Waals surface area (Å²) in [5.74, 6) is 0.758. The van der Waals surface area contributed by atoms with Crippen molar-refractivity contribution in [2.45, 2.75) is 32.9 Å². The molecule has 0 unspecified atom stereocenters. The van der Waals surface area contributed by atoms with Gasteiger partial charge in [-0.15, -0.1) is 0 Å². The number of carbonyl (C=O) groups excluding carboxylic acids is 1. The van der Waals surface area contributed by atoms with Gasteiger partial charge in [-0.3, -0.25) is 9.69 Å². The number of benzene rings is 2. The molecule has 27 heavy (non-hydrogen) atoms. The van der Waals surface area contributed by atoms with Crippen molar-refractivity contribution in [2.75, 3.05) is 19.7 Å². The summed E-state index contributed by atoms with van der Waals surface area (Å²) in [6.07, 6.45) is 5.98. The summed E-state index contributed by atoms with van der Waals surface area (Å²) >= 11 is 0. The normalized spacial score (nSPS) is 14.6. The molecule has 1 amide bonds. The highest BCUT2D eigenvalue weighted by Crippen LogP contribution is 2.16. The van der Waals surface area contributed by atoms with Gasteiger partial charge in [0.05, 0.1) is 6.61 Å². The maximum absolute atomic E-state index is 12.2. The van der Waals surface area contributed by atoms with Crippen molar-refractivity contribution in [3.05, 3.63) is 71.3 Å². The first kappa shape index (κ1) is 19.2. The fraction of sp³-hybridized carbons (Fsp3) is 0.348. The Morgan fingerprint density at radius 3 is 2.48 bits per heavy atom. The van der Waals surface area contributed by atoms with Gasteiger partial charge in [0, 0.05) is 19.2 Å². The van der Waals surface area contributed by atoms with Gasteiger partial charge in [-0.1, -0.05) is 36.4 Å². The molecule has 4 heteroatoms. The van der Waals surface area contributed by atoms with Gasteiger partial charge in [0.1, 0.15) is 5.75 Å². The number of nitrogens with one attached hydrogen (secondary N) is 1. The third-order valence-corrected chi connectivity index (χ3v) is 4.78. The molecule has 4 nitrogen and oxygen atoms in total. The fourth-order valence-corrected chi connectivity index (χ4v) is 3.32. The van der Waals surface area contributed by atoms with Gasteiger partial charge in [-0.05, 0) is 67.8 Å². The van der Waals surface area contributed by atoms with E-state index in [1.54, 1.807) is 6.08 Å². The van der Waals surface area contributed by atoms with E-state index in [0.29, 0.717) is 13.2 Å². The Morgan fingerprint density at radius 1 is 1.07 bits per heavy atom. The van der Waals surface area contributed by atoms with Crippen LogP contribution in [-0.4, -0.2) is 30.5 Å². The summed E-state index contributed by atoms with van der Waals surface area (Å²) in [4.78, 5) is 14.7. The minimum atomic E-state index is -0.0835. The summed E-state index contributed by atoms with van der Waals surface area (Å²) < 4.78 is 5.43. The summed E-state index contributed by atoms with van der Waals surface area (Å²) in [7, 11) is 0. The topological polar surface area (TPSA) is 41.6 Å².